The first-order chi connectivity index (χ1) is 6.72. The molecule has 1 aromatic heterocycles. The molecule has 1 atom stereocenters. The van der Waals surface area contributed by atoms with E-state index in [-0.39, 0.29) is 0 Å². The number of rotatable bonds is 3. The van der Waals surface area contributed by atoms with Gasteiger partial charge in [-0.3, -0.25) is 0 Å². The summed E-state index contributed by atoms with van der Waals surface area (Å²) < 4.78 is 0. The van der Waals surface area contributed by atoms with Gasteiger partial charge in [-0.05, 0) is 36.8 Å². The van der Waals surface area contributed by atoms with Crippen LogP contribution >= 0.6 is 0 Å². The van der Waals surface area contributed by atoms with Crippen molar-refractivity contribution < 1.29 is 9.90 Å². The Morgan fingerprint density at radius 2 is 2.50 bits per heavy atom. The van der Waals surface area contributed by atoms with E-state index in [0.29, 0.717) is 11.6 Å². The number of carboxylic acids is 1. The number of fused-ring (bicyclic) bond motifs is 1. The molecule has 2 rings (SSSR count). The van der Waals surface area contributed by atoms with Crippen molar-refractivity contribution >= 4 is 5.97 Å². The Morgan fingerprint density at radius 1 is 1.71 bits per heavy atom. The molecule has 1 heterocycles. The molecule has 0 fully saturated rings. The second-order valence-corrected chi connectivity index (χ2v) is 3.95. The highest BCUT2D eigenvalue weighted by atomic mass is 16.4. The summed E-state index contributed by atoms with van der Waals surface area (Å²) in [5.74, 6) is -0.294. The summed E-state index contributed by atoms with van der Waals surface area (Å²) >= 11 is 0. The van der Waals surface area contributed by atoms with Crippen molar-refractivity contribution in [2.45, 2.75) is 38.5 Å². The quantitative estimate of drug-likeness (QED) is 0.775. The molecule has 1 unspecified atom stereocenters. The van der Waals surface area contributed by atoms with Crippen LogP contribution in [0.25, 0.3) is 0 Å². The van der Waals surface area contributed by atoms with Crippen molar-refractivity contribution in [1.29, 1.82) is 0 Å². The highest BCUT2D eigenvalue weighted by Crippen LogP contribution is 2.35. The summed E-state index contributed by atoms with van der Waals surface area (Å²) in [6.07, 6.45) is 4.52. The lowest BCUT2D eigenvalue weighted by Gasteiger charge is -2.07. The van der Waals surface area contributed by atoms with E-state index in [0.717, 1.165) is 19.3 Å². The number of hydrogen-bond donors (Lipinski definition) is 2. The van der Waals surface area contributed by atoms with Gasteiger partial charge in [0.15, 0.2) is 0 Å². The van der Waals surface area contributed by atoms with Gasteiger partial charge in [0, 0.05) is 5.69 Å². The minimum atomic E-state index is -0.852. The Kier molecular flexibility index (Phi) is 2.32. The molecule has 76 valence electrons. The highest BCUT2D eigenvalue weighted by molar-refractivity contribution is 5.86. The van der Waals surface area contributed by atoms with Crippen LogP contribution in [0.5, 0.6) is 0 Å². The highest BCUT2D eigenvalue weighted by Gasteiger charge is 2.25. The lowest BCUT2D eigenvalue weighted by atomic mass is 10.0. The largest absolute Gasteiger partial charge is 0.477 e. The maximum absolute atomic E-state index is 10.7. The second kappa shape index (κ2) is 3.48. The summed E-state index contributed by atoms with van der Waals surface area (Å²) in [7, 11) is 0. The molecule has 0 saturated heterocycles. The van der Waals surface area contributed by atoms with Crippen molar-refractivity contribution in [3.8, 4) is 0 Å². The number of aromatic nitrogens is 1. The first-order valence-corrected chi connectivity index (χ1v) is 5.17. The Hall–Kier alpha value is -1.25. The molecule has 3 nitrogen and oxygen atoms in total. The maximum atomic E-state index is 10.7. The van der Waals surface area contributed by atoms with Crippen LogP contribution in [0.4, 0.5) is 0 Å². The van der Waals surface area contributed by atoms with Gasteiger partial charge in [-0.2, -0.15) is 0 Å². The Bertz CT molecular complexity index is 354. The first kappa shape index (κ1) is 9.31. The summed E-state index contributed by atoms with van der Waals surface area (Å²) in [6, 6.07) is 1.79. The van der Waals surface area contributed by atoms with Crippen LogP contribution in [0.15, 0.2) is 6.07 Å². The number of aromatic carboxylic acids is 1. The Balaban J connectivity index is 2.26. The van der Waals surface area contributed by atoms with Crippen LogP contribution in [-0.4, -0.2) is 16.1 Å². The van der Waals surface area contributed by atoms with Crippen molar-refractivity contribution in [2.24, 2.45) is 0 Å². The lowest BCUT2D eigenvalue weighted by Crippen LogP contribution is -1.99. The van der Waals surface area contributed by atoms with Gasteiger partial charge < -0.3 is 10.1 Å². The van der Waals surface area contributed by atoms with Crippen molar-refractivity contribution in [3.05, 3.63) is 23.0 Å². The average Bonchev–Trinajstić information content (AvgIpc) is 2.67. The number of H-pyrrole nitrogens is 1. The fraction of sp³-hybridized carbons (Fsp3) is 0.545. The van der Waals surface area contributed by atoms with Crippen LogP contribution in [0, 0.1) is 0 Å². The minimum absolute atomic E-state index is 0.343. The molecule has 0 amide bonds. The molecular weight excluding hydrogens is 178 g/mol. The summed E-state index contributed by atoms with van der Waals surface area (Å²) in [6.45, 7) is 2.17. The molecule has 0 aromatic carbocycles. The molecule has 0 aliphatic heterocycles. The fourth-order valence-electron chi connectivity index (χ4n) is 2.31. The van der Waals surface area contributed by atoms with Gasteiger partial charge in [-0.25, -0.2) is 4.79 Å². The third-order valence-corrected chi connectivity index (χ3v) is 2.97. The van der Waals surface area contributed by atoms with Gasteiger partial charge >= 0.3 is 5.97 Å². The van der Waals surface area contributed by atoms with Crippen molar-refractivity contribution in [3.63, 3.8) is 0 Å². The molecule has 1 aliphatic rings. The number of aryl methyl sites for hydroxylation is 1. The van der Waals surface area contributed by atoms with Crippen LogP contribution in [0.3, 0.4) is 0 Å². The Morgan fingerprint density at radius 3 is 3.14 bits per heavy atom. The van der Waals surface area contributed by atoms with E-state index in [1.165, 1.54) is 17.7 Å². The average molecular weight is 193 g/mol. The summed E-state index contributed by atoms with van der Waals surface area (Å²) in [5.41, 5.74) is 2.72. The zero-order valence-corrected chi connectivity index (χ0v) is 8.34. The van der Waals surface area contributed by atoms with E-state index < -0.39 is 5.97 Å². The van der Waals surface area contributed by atoms with E-state index in [1.54, 1.807) is 6.07 Å². The first-order valence-electron chi connectivity index (χ1n) is 5.17. The molecule has 0 radical (unpaired) electrons. The zero-order chi connectivity index (χ0) is 10.1. The van der Waals surface area contributed by atoms with Crippen LogP contribution in [0.2, 0.25) is 0 Å². The molecule has 1 aromatic rings. The van der Waals surface area contributed by atoms with E-state index in [4.69, 9.17) is 5.11 Å². The van der Waals surface area contributed by atoms with Gasteiger partial charge in [0.2, 0.25) is 0 Å². The van der Waals surface area contributed by atoms with Crippen molar-refractivity contribution in [2.75, 3.05) is 0 Å². The normalized spacial score (nSPS) is 19.6. The second-order valence-electron chi connectivity index (χ2n) is 3.95. The number of carbonyl (C=O) groups is 1. The standard InChI is InChI=1S/C11H15NO2/c1-2-3-7-4-5-8-6-9(11(13)14)12-10(7)8/h6-7,12H,2-5H2,1H3,(H,13,14). The molecule has 0 bridgehead atoms. The molecule has 3 heteroatoms. The van der Waals surface area contributed by atoms with E-state index in [2.05, 4.69) is 11.9 Å². The summed E-state index contributed by atoms with van der Waals surface area (Å²) in [4.78, 5) is 13.8. The molecule has 2 N–H and O–H groups in total. The van der Waals surface area contributed by atoms with E-state index in [1.807, 2.05) is 0 Å². The van der Waals surface area contributed by atoms with E-state index >= 15 is 0 Å². The van der Waals surface area contributed by atoms with Gasteiger partial charge in [0.25, 0.3) is 0 Å². The molecular formula is C11H15NO2. The third kappa shape index (κ3) is 1.43. The predicted octanol–water partition coefficient (Wildman–Crippen LogP) is 2.54. The van der Waals surface area contributed by atoms with Gasteiger partial charge in [-0.15, -0.1) is 0 Å². The number of hydrogen-bond acceptors (Lipinski definition) is 1. The lowest BCUT2D eigenvalue weighted by molar-refractivity contribution is 0.0691. The zero-order valence-electron chi connectivity index (χ0n) is 8.34. The summed E-state index contributed by atoms with van der Waals surface area (Å²) in [5, 5.41) is 8.83. The number of carboxylic acid groups (broad SMARTS) is 1. The molecule has 0 spiro atoms. The molecule has 0 saturated carbocycles. The van der Waals surface area contributed by atoms with Crippen LogP contribution in [-0.2, 0) is 6.42 Å². The van der Waals surface area contributed by atoms with Crippen molar-refractivity contribution in [1.82, 2.24) is 4.98 Å². The minimum Gasteiger partial charge on any atom is -0.477 e. The SMILES string of the molecule is CCCC1CCc2cc(C(=O)O)[nH]c21. The predicted molar refractivity (Wildman–Crippen MR) is 53.7 cm³/mol. The number of nitrogens with one attached hydrogen (secondary N) is 1. The Labute approximate surface area is 83.1 Å². The monoisotopic (exact) mass is 193 g/mol. The van der Waals surface area contributed by atoms with Gasteiger partial charge in [0.1, 0.15) is 5.69 Å². The topological polar surface area (TPSA) is 53.1 Å². The smallest absolute Gasteiger partial charge is 0.352 e. The molecule has 1 aliphatic carbocycles. The van der Waals surface area contributed by atoms with Gasteiger partial charge in [0.05, 0.1) is 0 Å². The van der Waals surface area contributed by atoms with Crippen LogP contribution in [0.1, 0.15) is 53.8 Å². The third-order valence-electron chi connectivity index (χ3n) is 2.97. The number of aromatic amines is 1. The molecule has 14 heavy (non-hydrogen) atoms. The van der Waals surface area contributed by atoms with Crippen LogP contribution < -0.4 is 0 Å². The van der Waals surface area contributed by atoms with Gasteiger partial charge in [-0.1, -0.05) is 13.3 Å². The fourth-order valence-corrected chi connectivity index (χ4v) is 2.31. The van der Waals surface area contributed by atoms with E-state index in [9.17, 15) is 4.79 Å². The maximum Gasteiger partial charge on any atom is 0.352 e.